The van der Waals surface area contributed by atoms with E-state index < -0.39 is 0 Å². The van der Waals surface area contributed by atoms with Gasteiger partial charge in [0, 0.05) is 38.8 Å². The molecule has 0 atom stereocenters. The van der Waals surface area contributed by atoms with Crippen LogP contribution in [0.4, 0.5) is 0 Å². The average Bonchev–Trinajstić information content (AvgIpc) is 3.42. The van der Waals surface area contributed by atoms with Crippen LogP contribution in [0.3, 0.4) is 0 Å². The van der Waals surface area contributed by atoms with Crippen LogP contribution in [0.2, 0.25) is 0 Å². The molecule has 138 valence electrons. The zero-order valence-electron chi connectivity index (χ0n) is 15.3. The van der Waals surface area contributed by atoms with Crippen molar-refractivity contribution in [2.45, 2.75) is 64.3 Å². The maximum Gasteiger partial charge on any atom is 0.193 e. The van der Waals surface area contributed by atoms with E-state index in [0.29, 0.717) is 5.41 Å². The van der Waals surface area contributed by atoms with Crippen molar-refractivity contribution in [3.63, 3.8) is 0 Å². The third-order valence-electron chi connectivity index (χ3n) is 6.39. The summed E-state index contributed by atoms with van der Waals surface area (Å²) in [6, 6.07) is 0.887. The van der Waals surface area contributed by atoms with E-state index >= 15 is 0 Å². The Bertz CT molecular complexity index is 441. The number of guanidine groups is 1. The molecule has 3 saturated carbocycles. The van der Waals surface area contributed by atoms with Crippen LogP contribution in [-0.2, 0) is 0 Å². The van der Waals surface area contributed by atoms with Crippen LogP contribution in [0.15, 0.2) is 4.99 Å². The van der Waals surface area contributed by atoms with Crippen LogP contribution in [0.5, 0.6) is 0 Å². The molecule has 1 N–H and O–H groups in total. The van der Waals surface area contributed by atoms with E-state index in [9.17, 15) is 0 Å². The molecule has 1 spiro atoms. The van der Waals surface area contributed by atoms with Crippen LogP contribution in [0.1, 0.15) is 58.3 Å². The largest absolute Gasteiger partial charge is 0.357 e. The quantitative estimate of drug-likeness (QED) is 0.370. The van der Waals surface area contributed by atoms with Crippen molar-refractivity contribution in [1.82, 2.24) is 15.1 Å². The molecule has 4 fully saturated rings. The number of aliphatic imine (C=N–C) groups is 1. The molecule has 0 radical (unpaired) electrons. The Labute approximate surface area is 164 Å². The van der Waals surface area contributed by atoms with Gasteiger partial charge in [0.25, 0.3) is 0 Å². The molecule has 3 aliphatic carbocycles. The summed E-state index contributed by atoms with van der Waals surface area (Å²) in [7, 11) is 0. The normalized spacial score (nSPS) is 25.8. The maximum atomic E-state index is 4.99. The number of likely N-dealkylation sites (tertiary alicyclic amines) is 1. The van der Waals surface area contributed by atoms with E-state index in [4.69, 9.17) is 4.99 Å². The fourth-order valence-corrected chi connectivity index (χ4v) is 4.41. The second kappa shape index (κ2) is 8.11. The minimum atomic E-state index is 0. The second-order valence-electron chi connectivity index (χ2n) is 8.43. The first-order valence-electron chi connectivity index (χ1n) is 10.1. The van der Waals surface area contributed by atoms with Gasteiger partial charge in [-0.15, -0.1) is 24.0 Å². The first kappa shape index (κ1) is 18.7. The molecule has 0 amide bonds. The van der Waals surface area contributed by atoms with Gasteiger partial charge in [0.15, 0.2) is 5.96 Å². The predicted molar refractivity (Wildman–Crippen MR) is 111 cm³/mol. The van der Waals surface area contributed by atoms with Gasteiger partial charge in [-0.2, -0.15) is 0 Å². The summed E-state index contributed by atoms with van der Waals surface area (Å²) < 4.78 is 0. The van der Waals surface area contributed by atoms with Gasteiger partial charge in [0.1, 0.15) is 0 Å². The highest BCUT2D eigenvalue weighted by atomic mass is 127. The molecule has 1 heterocycles. The van der Waals surface area contributed by atoms with E-state index in [1.54, 1.807) is 0 Å². The summed E-state index contributed by atoms with van der Waals surface area (Å²) in [6.45, 7) is 9.09. The molecule has 4 aliphatic rings. The molecule has 1 aliphatic heterocycles. The van der Waals surface area contributed by atoms with Crippen LogP contribution < -0.4 is 5.32 Å². The highest BCUT2D eigenvalue weighted by Gasteiger charge is 2.43. The van der Waals surface area contributed by atoms with Gasteiger partial charge in [-0.05, 0) is 63.2 Å². The number of nitrogens with one attached hydrogen (secondary N) is 1. The lowest BCUT2D eigenvalue weighted by Gasteiger charge is -2.38. The molecule has 0 bridgehead atoms. The Kier molecular flexibility index (Phi) is 6.33. The van der Waals surface area contributed by atoms with Crippen LogP contribution >= 0.6 is 24.0 Å². The summed E-state index contributed by atoms with van der Waals surface area (Å²) >= 11 is 0. The molecule has 0 aromatic heterocycles. The molecule has 4 nitrogen and oxygen atoms in total. The lowest BCUT2D eigenvalue weighted by atomic mass is 9.68. The summed E-state index contributed by atoms with van der Waals surface area (Å²) in [5, 5.41) is 3.54. The van der Waals surface area contributed by atoms with Gasteiger partial charge < -0.3 is 10.2 Å². The summed E-state index contributed by atoms with van der Waals surface area (Å²) in [6.07, 6.45) is 11.5. The molecule has 0 unspecified atom stereocenters. The van der Waals surface area contributed by atoms with Gasteiger partial charge in [-0.3, -0.25) is 9.89 Å². The highest BCUT2D eigenvalue weighted by molar-refractivity contribution is 14.0. The van der Waals surface area contributed by atoms with Crippen LogP contribution in [0.25, 0.3) is 0 Å². The van der Waals surface area contributed by atoms with Gasteiger partial charge >= 0.3 is 0 Å². The van der Waals surface area contributed by atoms with E-state index in [2.05, 4.69) is 22.0 Å². The maximum absolute atomic E-state index is 4.99. The smallest absolute Gasteiger partial charge is 0.193 e. The Hall–Kier alpha value is -0.0400. The van der Waals surface area contributed by atoms with Crippen LogP contribution in [0, 0.1) is 11.3 Å². The van der Waals surface area contributed by atoms with Gasteiger partial charge in [0.05, 0.1) is 6.54 Å². The summed E-state index contributed by atoms with van der Waals surface area (Å²) in [5.41, 5.74) is 0.655. The van der Waals surface area contributed by atoms with E-state index in [0.717, 1.165) is 31.6 Å². The number of nitrogens with zero attached hydrogens (tertiary/aromatic N) is 3. The van der Waals surface area contributed by atoms with E-state index in [1.165, 1.54) is 77.0 Å². The van der Waals surface area contributed by atoms with Crippen molar-refractivity contribution in [3.05, 3.63) is 0 Å². The zero-order chi connectivity index (χ0) is 15.7. The minimum absolute atomic E-state index is 0. The first-order valence-corrected chi connectivity index (χ1v) is 10.1. The predicted octanol–water partition coefficient (Wildman–Crippen LogP) is 3.32. The Balaban J connectivity index is 0.00000169. The topological polar surface area (TPSA) is 30.9 Å². The van der Waals surface area contributed by atoms with Crippen LogP contribution in [-0.4, -0.2) is 61.1 Å². The molecule has 0 aromatic carbocycles. The number of halogens is 1. The van der Waals surface area contributed by atoms with Crippen molar-refractivity contribution in [1.29, 1.82) is 0 Å². The van der Waals surface area contributed by atoms with Crippen molar-refractivity contribution in [3.8, 4) is 0 Å². The Morgan fingerprint density at radius 3 is 2.54 bits per heavy atom. The third-order valence-corrected chi connectivity index (χ3v) is 6.39. The number of hydrogen-bond donors (Lipinski definition) is 1. The SMILES string of the molecule is CCNC(=NCCN(CC1CC1)C1CC1)N1CCC2(CCC2)C1.I. The molecular formula is C19H35IN4. The average molecular weight is 446 g/mol. The van der Waals surface area contributed by atoms with Crippen molar-refractivity contribution >= 4 is 29.9 Å². The standard InChI is InChI=1S/C19H34N4.HI/c1-2-20-18(23-12-10-19(15-23)8-3-9-19)21-11-13-22(17-6-7-17)14-16-4-5-16;/h16-17H,2-15H2,1H3,(H,20,21);1H. The fraction of sp³-hybridized carbons (Fsp3) is 0.947. The minimum Gasteiger partial charge on any atom is -0.357 e. The summed E-state index contributed by atoms with van der Waals surface area (Å²) in [5.74, 6) is 2.18. The lowest BCUT2D eigenvalue weighted by molar-refractivity contribution is 0.151. The molecule has 1 saturated heterocycles. The lowest BCUT2D eigenvalue weighted by Crippen LogP contribution is -2.43. The molecule has 0 aromatic rings. The van der Waals surface area contributed by atoms with E-state index in [-0.39, 0.29) is 24.0 Å². The zero-order valence-corrected chi connectivity index (χ0v) is 17.6. The highest BCUT2D eigenvalue weighted by Crippen LogP contribution is 2.47. The monoisotopic (exact) mass is 446 g/mol. The molecule has 5 heteroatoms. The molecule has 24 heavy (non-hydrogen) atoms. The van der Waals surface area contributed by atoms with Gasteiger partial charge in [-0.1, -0.05) is 6.42 Å². The number of rotatable bonds is 7. The Morgan fingerprint density at radius 1 is 1.21 bits per heavy atom. The van der Waals surface area contributed by atoms with Crippen molar-refractivity contribution in [2.75, 3.05) is 39.3 Å². The molecular weight excluding hydrogens is 411 g/mol. The number of hydrogen-bond acceptors (Lipinski definition) is 2. The van der Waals surface area contributed by atoms with Gasteiger partial charge in [0.2, 0.25) is 0 Å². The first-order chi connectivity index (χ1) is 11.3. The van der Waals surface area contributed by atoms with Gasteiger partial charge in [-0.25, -0.2) is 0 Å². The van der Waals surface area contributed by atoms with E-state index in [1.807, 2.05) is 0 Å². The Morgan fingerprint density at radius 2 is 2.00 bits per heavy atom. The second-order valence-corrected chi connectivity index (χ2v) is 8.43. The van der Waals surface area contributed by atoms with Crippen molar-refractivity contribution < 1.29 is 0 Å². The van der Waals surface area contributed by atoms with Crippen molar-refractivity contribution in [2.24, 2.45) is 16.3 Å². The molecule has 4 rings (SSSR count). The fourth-order valence-electron chi connectivity index (χ4n) is 4.41. The summed E-state index contributed by atoms with van der Waals surface area (Å²) in [4.78, 5) is 10.2. The third kappa shape index (κ3) is 4.57.